The number of hydrogen-bond acceptors (Lipinski definition) is 4. The van der Waals surface area contributed by atoms with Crippen LogP contribution in [0.1, 0.15) is 6.92 Å². The van der Waals surface area contributed by atoms with Crippen LogP contribution in [0, 0.1) is 0 Å². The first kappa shape index (κ1) is 10.8. The van der Waals surface area contributed by atoms with Crippen molar-refractivity contribution in [2.24, 2.45) is 0 Å². The summed E-state index contributed by atoms with van der Waals surface area (Å²) >= 11 is 0. The van der Waals surface area contributed by atoms with Crippen LogP contribution in [0.25, 0.3) is 10.9 Å². The minimum Gasteiger partial charge on any atom is -0.392 e. The van der Waals surface area contributed by atoms with Crippen molar-refractivity contribution in [3.8, 4) is 0 Å². The molecule has 0 aliphatic carbocycles. The fourth-order valence-electron chi connectivity index (χ4n) is 1.79. The van der Waals surface area contributed by atoms with Gasteiger partial charge in [0.1, 0.15) is 0 Å². The Kier molecular flexibility index (Phi) is 3.01. The van der Waals surface area contributed by atoms with Crippen molar-refractivity contribution >= 4 is 16.6 Å². The number of fused-ring (bicyclic) bond motifs is 1. The summed E-state index contributed by atoms with van der Waals surface area (Å²) in [4.78, 5) is 1.99. The number of benzene rings is 1. The molecule has 1 aromatic carbocycles. The van der Waals surface area contributed by atoms with Gasteiger partial charge in [0.2, 0.25) is 0 Å². The van der Waals surface area contributed by atoms with Crippen LogP contribution >= 0.6 is 0 Å². The molecule has 16 heavy (non-hydrogen) atoms. The second kappa shape index (κ2) is 4.45. The maximum Gasteiger partial charge on any atom is 0.0950 e. The summed E-state index contributed by atoms with van der Waals surface area (Å²) in [5.41, 5.74) is 1.86. The number of aliphatic hydroxyl groups excluding tert-OH is 1. The van der Waals surface area contributed by atoms with Crippen molar-refractivity contribution < 1.29 is 5.11 Å². The number of aliphatic hydroxyl groups is 1. The third-order valence-corrected chi connectivity index (χ3v) is 2.47. The highest BCUT2D eigenvalue weighted by Crippen LogP contribution is 2.22. The van der Waals surface area contributed by atoms with Crippen LogP contribution in [0.15, 0.2) is 30.5 Å². The Hall–Kier alpha value is -1.68. The summed E-state index contributed by atoms with van der Waals surface area (Å²) in [5, 5.41) is 18.5. The minimum atomic E-state index is -0.364. The van der Waals surface area contributed by atoms with Crippen molar-refractivity contribution in [1.82, 2.24) is 10.2 Å². The van der Waals surface area contributed by atoms with E-state index in [1.54, 1.807) is 13.1 Å². The average Bonchev–Trinajstić information content (AvgIpc) is 2.27. The molecule has 0 bridgehead atoms. The van der Waals surface area contributed by atoms with Gasteiger partial charge in [-0.1, -0.05) is 18.2 Å². The number of rotatable bonds is 3. The molecule has 0 amide bonds. The first-order valence-corrected chi connectivity index (χ1v) is 5.28. The van der Waals surface area contributed by atoms with Crippen LogP contribution in [0.4, 0.5) is 5.69 Å². The molecule has 1 aromatic heterocycles. The lowest BCUT2D eigenvalue weighted by Crippen LogP contribution is -2.27. The minimum absolute atomic E-state index is 0.364. The molecule has 0 saturated heterocycles. The van der Waals surface area contributed by atoms with E-state index in [0.717, 1.165) is 16.6 Å². The van der Waals surface area contributed by atoms with Gasteiger partial charge in [0.15, 0.2) is 0 Å². The SMILES string of the molecule is C[C@H](O)CN(C)c1cnnc2ccccc12. The summed E-state index contributed by atoms with van der Waals surface area (Å²) in [6.45, 7) is 2.35. The molecule has 2 aromatic rings. The van der Waals surface area contributed by atoms with Gasteiger partial charge in [-0.3, -0.25) is 0 Å². The predicted molar refractivity (Wildman–Crippen MR) is 64.5 cm³/mol. The van der Waals surface area contributed by atoms with Crippen LogP contribution in [0.3, 0.4) is 0 Å². The summed E-state index contributed by atoms with van der Waals surface area (Å²) < 4.78 is 0. The first-order chi connectivity index (χ1) is 7.68. The van der Waals surface area contributed by atoms with E-state index in [4.69, 9.17) is 0 Å². The normalized spacial score (nSPS) is 12.7. The molecule has 0 spiro atoms. The van der Waals surface area contributed by atoms with Gasteiger partial charge in [-0.25, -0.2) is 0 Å². The van der Waals surface area contributed by atoms with Crippen molar-refractivity contribution in [3.05, 3.63) is 30.5 Å². The van der Waals surface area contributed by atoms with Crippen LogP contribution in [-0.4, -0.2) is 35.0 Å². The smallest absolute Gasteiger partial charge is 0.0950 e. The fourth-order valence-corrected chi connectivity index (χ4v) is 1.79. The highest BCUT2D eigenvalue weighted by atomic mass is 16.3. The summed E-state index contributed by atoms with van der Waals surface area (Å²) in [5.74, 6) is 0. The highest BCUT2D eigenvalue weighted by Gasteiger charge is 2.08. The van der Waals surface area contributed by atoms with Gasteiger partial charge in [0.05, 0.1) is 23.5 Å². The third kappa shape index (κ3) is 2.12. The van der Waals surface area contributed by atoms with E-state index >= 15 is 0 Å². The summed E-state index contributed by atoms with van der Waals surface area (Å²) in [6, 6.07) is 7.86. The standard InChI is InChI=1S/C12H15N3O/c1-9(16)8-15(2)12-7-13-14-11-6-4-3-5-10(11)12/h3-7,9,16H,8H2,1-2H3/t9-/m0/s1. The number of anilines is 1. The molecule has 2 rings (SSSR count). The zero-order valence-corrected chi connectivity index (χ0v) is 9.46. The molecular formula is C12H15N3O. The van der Waals surface area contributed by atoms with Crippen molar-refractivity contribution in [1.29, 1.82) is 0 Å². The second-order valence-electron chi connectivity index (χ2n) is 3.98. The molecule has 1 N–H and O–H groups in total. The Bertz CT molecular complexity index is 479. The molecule has 0 unspecified atom stereocenters. The van der Waals surface area contributed by atoms with Crippen molar-refractivity contribution in [2.45, 2.75) is 13.0 Å². The number of nitrogens with zero attached hydrogens (tertiary/aromatic N) is 3. The molecule has 4 nitrogen and oxygen atoms in total. The highest BCUT2D eigenvalue weighted by molar-refractivity contribution is 5.90. The van der Waals surface area contributed by atoms with Crippen LogP contribution in [0.5, 0.6) is 0 Å². The Morgan fingerprint density at radius 1 is 1.38 bits per heavy atom. The lowest BCUT2D eigenvalue weighted by molar-refractivity contribution is 0.201. The molecule has 0 radical (unpaired) electrons. The zero-order chi connectivity index (χ0) is 11.5. The third-order valence-electron chi connectivity index (χ3n) is 2.47. The molecular weight excluding hydrogens is 202 g/mol. The van der Waals surface area contributed by atoms with E-state index in [1.165, 1.54) is 0 Å². The fraction of sp³-hybridized carbons (Fsp3) is 0.333. The van der Waals surface area contributed by atoms with Crippen LogP contribution in [0.2, 0.25) is 0 Å². The zero-order valence-electron chi connectivity index (χ0n) is 9.46. The van der Waals surface area contributed by atoms with Gasteiger partial charge >= 0.3 is 0 Å². The number of likely N-dealkylation sites (N-methyl/N-ethyl adjacent to an activating group) is 1. The summed E-state index contributed by atoms with van der Waals surface area (Å²) in [7, 11) is 1.94. The van der Waals surface area contributed by atoms with Gasteiger partial charge in [0.25, 0.3) is 0 Å². The maximum atomic E-state index is 9.38. The molecule has 0 aliphatic rings. The predicted octanol–water partition coefficient (Wildman–Crippen LogP) is 1.45. The van der Waals surface area contributed by atoms with E-state index in [9.17, 15) is 5.11 Å². The van der Waals surface area contributed by atoms with E-state index in [2.05, 4.69) is 10.2 Å². The van der Waals surface area contributed by atoms with Gasteiger partial charge in [0, 0.05) is 19.0 Å². The van der Waals surface area contributed by atoms with Gasteiger partial charge in [-0.15, -0.1) is 0 Å². The number of hydrogen-bond donors (Lipinski definition) is 1. The average molecular weight is 217 g/mol. The van der Waals surface area contributed by atoms with E-state index < -0.39 is 0 Å². The molecule has 84 valence electrons. The second-order valence-corrected chi connectivity index (χ2v) is 3.98. The van der Waals surface area contributed by atoms with Gasteiger partial charge in [-0.05, 0) is 13.0 Å². The molecule has 0 saturated carbocycles. The largest absolute Gasteiger partial charge is 0.392 e. The Labute approximate surface area is 94.5 Å². The Morgan fingerprint density at radius 2 is 2.12 bits per heavy atom. The van der Waals surface area contributed by atoms with Crippen molar-refractivity contribution in [3.63, 3.8) is 0 Å². The van der Waals surface area contributed by atoms with Gasteiger partial charge in [-0.2, -0.15) is 10.2 Å². The topological polar surface area (TPSA) is 49.2 Å². The molecule has 0 fully saturated rings. The first-order valence-electron chi connectivity index (χ1n) is 5.28. The summed E-state index contributed by atoms with van der Waals surface area (Å²) in [6.07, 6.45) is 1.36. The monoisotopic (exact) mass is 217 g/mol. The van der Waals surface area contributed by atoms with Crippen molar-refractivity contribution in [2.75, 3.05) is 18.5 Å². The molecule has 0 aliphatic heterocycles. The lowest BCUT2D eigenvalue weighted by Gasteiger charge is -2.21. The van der Waals surface area contributed by atoms with E-state index in [-0.39, 0.29) is 6.10 Å². The van der Waals surface area contributed by atoms with Gasteiger partial charge < -0.3 is 10.0 Å². The Morgan fingerprint density at radius 3 is 2.88 bits per heavy atom. The molecule has 4 heteroatoms. The lowest BCUT2D eigenvalue weighted by atomic mass is 10.2. The van der Waals surface area contributed by atoms with Crippen LogP contribution < -0.4 is 4.90 Å². The molecule has 1 atom stereocenters. The Balaban J connectivity index is 2.44. The maximum absolute atomic E-state index is 9.38. The van der Waals surface area contributed by atoms with E-state index in [0.29, 0.717) is 6.54 Å². The van der Waals surface area contributed by atoms with E-state index in [1.807, 2.05) is 36.2 Å². The van der Waals surface area contributed by atoms with Crippen LogP contribution in [-0.2, 0) is 0 Å². The number of aromatic nitrogens is 2. The molecule has 1 heterocycles. The quantitative estimate of drug-likeness (QED) is 0.845.